The van der Waals surface area contributed by atoms with Gasteiger partial charge < -0.3 is 10.3 Å². The van der Waals surface area contributed by atoms with Crippen LogP contribution in [0.15, 0.2) is 4.52 Å². The Bertz CT molecular complexity index is 439. The summed E-state index contributed by atoms with van der Waals surface area (Å²) in [5.41, 5.74) is 5.75. The highest BCUT2D eigenvalue weighted by molar-refractivity contribution is 7.90. The van der Waals surface area contributed by atoms with E-state index in [1.54, 1.807) is 0 Å². The molecule has 16 heavy (non-hydrogen) atoms. The van der Waals surface area contributed by atoms with Crippen LogP contribution in [-0.2, 0) is 9.84 Å². The minimum absolute atomic E-state index is 0.0214. The highest BCUT2D eigenvalue weighted by atomic mass is 32.2. The zero-order chi connectivity index (χ0) is 12.3. The van der Waals surface area contributed by atoms with Crippen LogP contribution in [0.4, 0.5) is 0 Å². The van der Waals surface area contributed by atoms with Crippen molar-refractivity contribution in [3.63, 3.8) is 0 Å². The molecule has 1 rings (SSSR count). The Labute approximate surface area is 95.1 Å². The molecule has 0 aliphatic heterocycles. The van der Waals surface area contributed by atoms with Gasteiger partial charge >= 0.3 is 0 Å². The highest BCUT2D eigenvalue weighted by Crippen LogP contribution is 2.16. The van der Waals surface area contributed by atoms with Gasteiger partial charge in [0.05, 0.1) is 11.8 Å². The molecule has 1 heterocycles. The molecule has 0 aliphatic rings. The summed E-state index contributed by atoms with van der Waals surface area (Å²) in [6.45, 7) is 3.88. The molecule has 0 fully saturated rings. The fourth-order valence-electron chi connectivity index (χ4n) is 1.10. The van der Waals surface area contributed by atoms with Gasteiger partial charge in [0.15, 0.2) is 5.82 Å². The van der Waals surface area contributed by atoms with Gasteiger partial charge in [-0.15, -0.1) is 0 Å². The van der Waals surface area contributed by atoms with Gasteiger partial charge in [-0.1, -0.05) is 19.0 Å². The fourth-order valence-corrected chi connectivity index (χ4v) is 1.78. The number of rotatable bonds is 5. The zero-order valence-corrected chi connectivity index (χ0v) is 10.5. The Morgan fingerprint density at radius 1 is 1.44 bits per heavy atom. The molecule has 0 saturated heterocycles. The number of nitrogens with zero attached hydrogens (tertiary/aromatic N) is 2. The SMILES string of the molecule is CC(C)c1noc([C@H](N)CCS(C)(=O)=O)n1. The second-order valence-electron chi connectivity index (χ2n) is 4.17. The van der Waals surface area contributed by atoms with Crippen molar-refractivity contribution in [2.24, 2.45) is 5.73 Å². The number of sulfone groups is 1. The highest BCUT2D eigenvalue weighted by Gasteiger charge is 2.17. The first-order chi connectivity index (χ1) is 7.29. The van der Waals surface area contributed by atoms with Crippen LogP contribution >= 0.6 is 0 Å². The van der Waals surface area contributed by atoms with Crippen LogP contribution in [0.3, 0.4) is 0 Å². The normalized spacial score (nSPS) is 14.3. The van der Waals surface area contributed by atoms with Crippen molar-refractivity contribution in [2.75, 3.05) is 12.0 Å². The first-order valence-corrected chi connectivity index (χ1v) is 7.12. The average Bonchev–Trinajstić information content (AvgIpc) is 2.61. The lowest BCUT2D eigenvalue weighted by Crippen LogP contribution is -2.16. The van der Waals surface area contributed by atoms with Crippen LogP contribution in [0.5, 0.6) is 0 Å². The molecule has 1 aromatic heterocycles. The Morgan fingerprint density at radius 3 is 2.50 bits per heavy atom. The van der Waals surface area contributed by atoms with Crippen LogP contribution in [0.1, 0.15) is 43.9 Å². The van der Waals surface area contributed by atoms with E-state index in [2.05, 4.69) is 10.1 Å². The lowest BCUT2D eigenvalue weighted by Gasteiger charge is -2.04. The molecule has 6 nitrogen and oxygen atoms in total. The van der Waals surface area contributed by atoms with E-state index in [0.717, 1.165) is 0 Å². The van der Waals surface area contributed by atoms with E-state index in [-0.39, 0.29) is 11.7 Å². The van der Waals surface area contributed by atoms with Gasteiger partial charge in [0.25, 0.3) is 0 Å². The summed E-state index contributed by atoms with van der Waals surface area (Å²) in [4.78, 5) is 4.11. The first kappa shape index (κ1) is 13.1. The molecule has 1 aromatic rings. The molecule has 0 aromatic carbocycles. The number of aromatic nitrogens is 2. The third-order valence-electron chi connectivity index (χ3n) is 2.09. The lowest BCUT2D eigenvalue weighted by atomic mass is 10.2. The van der Waals surface area contributed by atoms with E-state index in [9.17, 15) is 8.42 Å². The van der Waals surface area contributed by atoms with E-state index < -0.39 is 15.9 Å². The number of nitrogens with two attached hydrogens (primary N) is 1. The maximum atomic E-state index is 11.0. The smallest absolute Gasteiger partial charge is 0.243 e. The Kier molecular flexibility index (Phi) is 4.03. The summed E-state index contributed by atoms with van der Waals surface area (Å²) >= 11 is 0. The topological polar surface area (TPSA) is 99.1 Å². The molecule has 0 aliphatic carbocycles. The van der Waals surface area contributed by atoms with Crippen molar-refractivity contribution in [3.05, 3.63) is 11.7 Å². The van der Waals surface area contributed by atoms with Crippen LogP contribution in [0.25, 0.3) is 0 Å². The van der Waals surface area contributed by atoms with Crippen molar-refractivity contribution < 1.29 is 12.9 Å². The summed E-state index contributed by atoms with van der Waals surface area (Å²) in [5.74, 6) is 1.07. The average molecular weight is 247 g/mol. The number of hydrogen-bond donors (Lipinski definition) is 1. The third-order valence-corrected chi connectivity index (χ3v) is 3.07. The monoisotopic (exact) mass is 247 g/mol. The van der Waals surface area contributed by atoms with Crippen molar-refractivity contribution in [1.82, 2.24) is 10.1 Å². The van der Waals surface area contributed by atoms with E-state index in [1.807, 2.05) is 13.8 Å². The predicted octanol–water partition coefficient (Wildman–Crippen LogP) is 0.628. The first-order valence-electron chi connectivity index (χ1n) is 5.06. The van der Waals surface area contributed by atoms with Crippen LogP contribution in [0.2, 0.25) is 0 Å². The van der Waals surface area contributed by atoms with Gasteiger partial charge in [-0.25, -0.2) is 8.42 Å². The zero-order valence-electron chi connectivity index (χ0n) is 9.67. The lowest BCUT2D eigenvalue weighted by molar-refractivity contribution is 0.347. The van der Waals surface area contributed by atoms with Crippen LogP contribution in [-0.4, -0.2) is 30.6 Å². The molecule has 0 saturated carbocycles. The summed E-state index contributed by atoms with van der Waals surface area (Å²) in [5, 5.41) is 3.77. The van der Waals surface area contributed by atoms with E-state index in [4.69, 9.17) is 10.3 Å². The van der Waals surface area contributed by atoms with E-state index in [1.165, 1.54) is 6.26 Å². The van der Waals surface area contributed by atoms with Crippen LogP contribution in [0, 0.1) is 0 Å². The molecular formula is C9H17N3O3S. The second-order valence-corrected chi connectivity index (χ2v) is 6.43. The summed E-state index contributed by atoms with van der Waals surface area (Å²) in [6, 6.07) is -0.519. The van der Waals surface area contributed by atoms with Gasteiger partial charge in [-0.2, -0.15) is 4.98 Å². The fraction of sp³-hybridized carbons (Fsp3) is 0.778. The Hall–Kier alpha value is -0.950. The third kappa shape index (κ3) is 3.90. The van der Waals surface area contributed by atoms with Crippen LogP contribution < -0.4 is 5.73 Å². The molecule has 92 valence electrons. The van der Waals surface area contributed by atoms with Gasteiger partial charge in [0, 0.05) is 12.2 Å². The Morgan fingerprint density at radius 2 is 2.06 bits per heavy atom. The molecule has 7 heteroatoms. The molecule has 0 radical (unpaired) electrons. The maximum Gasteiger partial charge on any atom is 0.243 e. The summed E-state index contributed by atoms with van der Waals surface area (Å²) < 4.78 is 26.9. The minimum atomic E-state index is -3.01. The Balaban J connectivity index is 2.63. The molecule has 1 atom stereocenters. The maximum absolute atomic E-state index is 11.0. The van der Waals surface area contributed by atoms with Crippen molar-refractivity contribution in [3.8, 4) is 0 Å². The van der Waals surface area contributed by atoms with Gasteiger partial charge in [-0.3, -0.25) is 0 Å². The summed E-state index contributed by atoms with van der Waals surface area (Å²) in [6.07, 6.45) is 1.46. The largest absolute Gasteiger partial charge is 0.338 e. The van der Waals surface area contributed by atoms with Crippen molar-refractivity contribution in [1.29, 1.82) is 0 Å². The summed E-state index contributed by atoms with van der Waals surface area (Å²) in [7, 11) is -3.01. The van der Waals surface area contributed by atoms with Gasteiger partial charge in [-0.05, 0) is 6.42 Å². The molecular weight excluding hydrogens is 230 g/mol. The number of hydrogen-bond acceptors (Lipinski definition) is 6. The van der Waals surface area contributed by atoms with E-state index >= 15 is 0 Å². The minimum Gasteiger partial charge on any atom is -0.338 e. The molecule has 0 spiro atoms. The van der Waals surface area contributed by atoms with E-state index in [0.29, 0.717) is 18.1 Å². The predicted molar refractivity (Wildman–Crippen MR) is 59.6 cm³/mol. The standard InChI is InChI=1S/C9H17N3O3S/c1-6(2)8-11-9(15-12-8)7(10)4-5-16(3,13)14/h6-7H,4-5,10H2,1-3H3/t7-/m1/s1. The second kappa shape index (κ2) is 4.92. The molecule has 0 unspecified atom stereocenters. The van der Waals surface area contributed by atoms with Crippen molar-refractivity contribution in [2.45, 2.75) is 32.2 Å². The van der Waals surface area contributed by atoms with Crippen molar-refractivity contribution >= 4 is 9.84 Å². The van der Waals surface area contributed by atoms with Gasteiger partial charge in [0.1, 0.15) is 9.84 Å². The van der Waals surface area contributed by atoms with Gasteiger partial charge in [0.2, 0.25) is 5.89 Å². The molecule has 0 amide bonds. The molecule has 0 bridgehead atoms. The quantitative estimate of drug-likeness (QED) is 0.819. The molecule has 2 N–H and O–H groups in total.